The number of methoxy groups -OCH3 is 1. The molecule has 0 aliphatic carbocycles. The van der Waals surface area contributed by atoms with Gasteiger partial charge in [-0.25, -0.2) is 13.4 Å². The lowest BCUT2D eigenvalue weighted by molar-refractivity contribution is -0.114. The maximum atomic E-state index is 12.6. The summed E-state index contributed by atoms with van der Waals surface area (Å²) in [5, 5.41) is 2.83. The number of para-hydroxylation sites is 1. The Balaban J connectivity index is 1.94. The number of hydrogen-bond acceptors (Lipinski definition) is 6. The van der Waals surface area contributed by atoms with Crippen molar-refractivity contribution >= 4 is 48.3 Å². The Labute approximate surface area is 148 Å². The zero-order valence-electron chi connectivity index (χ0n) is 13.4. The van der Waals surface area contributed by atoms with Crippen molar-refractivity contribution in [2.75, 3.05) is 17.1 Å². The highest BCUT2D eigenvalue weighted by atomic mass is 32.2. The Morgan fingerprint density at radius 3 is 2.64 bits per heavy atom. The summed E-state index contributed by atoms with van der Waals surface area (Å²) < 4.78 is 33.7. The number of nitrogens with one attached hydrogen (secondary N) is 2. The van der Waals surface area contributed by atoms with E-state index in [4.69, 9.17) is 4.74 Å². The largest absolute Gasteiger partial charge is 0.495 e. The van der Waals surface area contributed by atoms with Crippen molar-refractivity contribution < 1.29 is 17.9 Å². The second-order valence-electron chi connectivity index (χ2n) is 5.14. The van der Waals surface area contributed by atoms with E-state index in [-0.39, 0.29) is 21.6 Å². The third kappa shape index (κ3) is 3.72. The molecule has 3 rings (SSSR count). The van der Waals surface area contributed by atoms with Gasteiger partial charge in [0.2, 0.25) is 5.91 Å². The number of ether oxygens (including phenoxy) is 1. The molecule has 0 atom stereocenters. The lowest BCUT2D eigenvalue weighted by atomic mass is 10.3. The van der Waals surface area contributed by atoms with Crippen molar-refractivity contribution in [2.45, 2.75) is 11.8 Å². The van der Waals surface area contributed by atoms with E-state index in [9.17, 15) is 13.2 Å². The van der Waals surface area contributed by atoms with Gasteiger partial charge in [0.25, 0.3) is 10.0 Å². The van der Waals surface area contributed by atoms with E-state index < -0.39 is 10.0 Å². The van der Waals surface area contributed by atoms with Gasteiger partial charge in [0.05, 0.1) is 27.9 Å². The van der Waals surface area contributed by atoms with Crippen molar-refractivity contribution in [3.63, 3.8) is 0 Å². The molecule has 0 aliphatic rings. The monoisotopic (exact) mass is 377 g/mol. The van der Waals surface area contributed by atoms with Crippen LogP contribution in [0.3, 0.4) is 0 Å². The number of aromatic nitrogens is 1. The molecule has 9 heteroatoms. The van der Waals surface area contributed by atoms with E-state index in [0.717, 1.165) is 10.2 Å². The quantitative estimate of drug-likeness (QED) is 0.712. The van der Waals surface area contributed by atoms with Crippen LogP contribution in [0.15, 0.2) is 47.4 Å². The highest BCUT2D eigenvalue weighted by Gasteiger charge is 2.19. The molecule has 0 spiro atoms. The summed E-state index contributed by atoms with van der Waals surface area (Å²) in [5.41, 5.74) is 1.00. The normalized spacial score (nSPS) is 11.3. The van der Waals surface area contributed by atoms with Gasteiger partial charge in [0, 0.05) is 6.92 Å². The molecule has 2 aromatic carbocycles. The lowest BCUT2D eigenvalue weighted by Gasteiger charge is -2.11. The first-order valence-electron chi connectivity index (χ1n) is 7.23. The average Bonchev–Trinajstić information content (AvgIpc) is 2.95. The fourth-order valence-electron chi connectivity index (χ4n) is 2.23. The number of rotatable bonds is 5. The Hall–Kier alpha value is -2.65. The molecule has 0 unspecified atom stereocenters. The van der Waals surface area contributed by atoms with Crippen molar-refractivity contribution in [1.82, 2.24) is 4.98 Å². The summed E-state index contributed by atoms with van der Waals surface area (Å²) in [6.45, 7) is 1.33. The SMILES string of the molecule is COc1ccc(S(=O)(=O)Nc2nc3ccccc3s2)cc1NC(C)=O. The number of benzene rings is 2. The second kappa shape index (κ2) is 6.69. The number of nitrogens with zero attached hydrogens (tertiary/aromatic N) is 1. The van der Waals surface area contributed by atoms with E-state index in [1.165, 1.54) is 43.6 Å². The van der Waals surface area contributed by atoms with Crippen LogP contribution in [0.4, 0.5) is 10.8 Å². The molecule has 0 saturated heterocycles. The van der Waals surface area contributed by atoms with Crippen molar-refractivity contribution in [1.29, 1.82) is 0 Å². The number of carbonyl (C=O) groups is 1. The average molecular weight is 377 g/mol. The molecular formula is C16H15N3O4S2. The summed E-state index contributed by atoms with van der Waals surface area (Å²) in [4.78, 5) is 15.6. The minimum absolute atomic E-state index is 0.00342. The number of anilines is 2. The van der Waals surface area contributed by atoms with Gasteiger partial charge in [-0.05, 0) is 30.3 Å². The zero-order chi connectivity index (χ0) is 18.0. The molecule has 3 aromatic rings. The Kier molecular flexibility index (Phi) is 4.60. The van der Waals surface area contributed by atoms with E-state index in [2.05, 4.69) is 15.0 Å². The van der Waals surface area contributed by atoms with Crippen LogP contribution in [0.2, 0.25) is 0 Å². The van der Waals surface area contributed by atoms with Crippen molar-refractivity contribution in [3.8, 4) is 5.75 Å². The van der Waals surface area contributed by atoms with Gasteiger partial charge >= 0.3 is 0 Å². The number of amides is 1. The minimum atomic E-state index is -3.85. The topological polar surface area (TPSA) is 97.4 Å². The second-order valence-corrected chi connectivity index (χ2v) is 7.85. The van der Waals surface area contributed by atoms with E-state index in [0.29, 0.717) is 5.75 Å². The number of hydrogen-bond donors (Lipinski definition) is 2. The fraction of sp³-hybridized carbons (Fsp3) is 0.125. The zero-order valence-corrected chi connectivity index (χ0v) is 15.1. The molecule has 0 fully saturated rings. The van der Waals surface area contributed by atoms with Crippen molar-refractivity contribution in [2.24, 2.45) is 0 Å². The minimum Gasteiger partial charge on any atom is -0.495 e. The lowest BCUT2D eigenvalue weighted by Crippen LogP contribution is -2.14. The molecule has 25 heavy (non-hydrogen) atoms. The summed E-state index contributed by atoms with van der Waals surface area (Å²) in [5.74, 6) is 0.0427. The number of thiazole rings is 1. The van der Waals surface area contributed by atoms with Crippen LogP contribution in [0.1, 0.15) is 6.92 Å². The first kappa shape index (κ1) is 17.2. The summed E-state index contributed by atoms with van der Waals surface area (Å²) in [6, 6.07) is 11.6. The third-order valence-corrected chi connectivity index (χ3v) is 5.73. The molecule has 7 nitrogen and oxygen atoms in total. The highest BCUT2D eigenvalue weighted by Crippen LogP contribution is 2.30. The van der Waals surface area contributed by atoms with Gasteiger partial charge in [-0.15, -0.1) is 0 Å². The van der Waals surface area contributed by atoms with Crippen molar-refractivity contribution in [3.05, 3.63) is 42.5 Å². The third-order valence-electron chi connectivity index (χ3n) is 3.31. The Morgan fingerprint density at radius 1 is 1.20 bits per heavy atom. The van der Waals surface area contributed by atoms with E-state index in [1.807, 2.05) is 24.3 Å². The molecule has 1 heterocycles. The number of fused-ring (bicyclic) bond motifs is 1. The van der Waals surface area contributed by atoms with Crippen LogP contribution < -0.4 is 14.8 Å². The molecule has 0 bridgehead atoms. The molecule has 2 N–H and O–H groups in total. The molecule has 130 valence electrons. The summed E-state index contributed by atoms with van der Waals surface area (Å²) >= 11 is 1.25. The van der Waals surface area contributed by atoms with Gasteiger partial charge in [0.15, 0.2) is 5.13 Å². The maximum Gasteiger partial charge on any atom is 0.263 e. The Bertz CT molecular complexity index is 1010. The van der Waals surface area contributed by atoms with E-state index in [1.54, 1.807) is 0 Å². The first-order valence-corrected chi connectivity index (χ1v) is 9.53. The first-order chi connectivity index (χ1) is 11.9. The molecule has 0 saturated carbocycles. The standard InChI is InChI=1S/C16H15N3O4S2/c1-10(20)17-13-9-11(7-8-14(13)23-2)25(21,22)19-16-18-12-5-3-4-6-15(12)24-16/h3-9H,1-2H3,(H,17,20)(H,18,19). The van der Waals surface area contributed by atoms with Crippen LogP contribution in [0.5, 0.6) is 5.75 Å². The Morgan fingerprint density at radius 2 is 1.96 bits per heavy atom. The highest BCUT2D eigenvalue weighted by molar-refractivity contribution is 7.93. The maximum absolute atomic E-state index is 12.6. The summed E-state index contributed by atoms with van der Waals surface area (Å²) in [7, 11) is -2.41. The van der Waals surface area contributed by atoms with Crippen LogP contribution in [0.25, 0.3) is 10.2 Å². The summed E-state index contributed by atoms with van der Waals surface area (Å²) in [6.07, 6.45) is 0. The van der Waals surface area contributed by atoms with Gasteiger partial charge in [0.1, 0.15) is 5.75 Å². The van der Waals surface area contributed by atoms with Gasteiger partial charge in [-0.2, -0.15) is 0 Å². The van der Waals surface area contributed by atoms with Gasteiger partial charge < -0.3 is 10.1 Å². The molecular weight excluding hydrogens is 362 g/mol. The molecule has 0 aliphatic heterocycles. The fourth-order valence-corrected chi connectivity index (χ4v) is 4.36. The van der Waals surface area contributed by atoms with Gasteiger partial charge in [-0.1, -0.05) is 23.5 Å². The van der Waals surface area contributed by atoms with Crippen LogP contribution in [-0.2, 0) is 14.8 Å². The number of sulfonamides is 1. The van der Waals surface area contributed by atoms with Crippen LogP contribution in [-0.4, -0.2) is 26.4 Å². The predicted octanol–water partition coefficient (Wildman–Crippen LogP) is 3.06. The van der Waals surface area contributed by atoms with Gasteiger partial charge in [-0.3, -0.25) is 9.52 Å². The smallest absolute Gasteiger partial charge is 0.263 e. The molecule has 0 radical (unpaired) electrons. The van der Waals surface area contributed by atoms with E-state index >= 15 is 0 Å². The van der Waals surface area contributed by atoms with Crippen LogP contribution >= 0.6 is 11.3 Å². The van der Waals surface area contributed by atoms with Crippen LogP contribution in [0, 0.1) is 0 Å². The number of carbonyl (C=O) groups excluding carboxylic acids is 1. The predicted molar refractivity (Wildman–Crippen MR) is 97.7 cm³/mol. The molecule has 1 amide bonds. The molecule has 1 aromatic heterocycles.